The number of amides is 1. The highest BCUT2D eigenvalue weighted by molar-refractivity contribution is 5.76. The molecule has 1 aromatic rings. The van der Waals surface area contributed by atoms with Gasteiger partial charge >= 0.3 is 6.18 Å². The van der Waals surface area contributed by atoms with Crippen molar-refractivity contribution in [2.24, 2.45) is 5.92 Å². The Bertz CT molecular complexity index is 636. The summed E-state index contributed by atoms with van der Waals surface area (Å²) >= 11 is 0. The molecule has 2 heterocycles. The molecule has 1 N–H and O–H groups in total. The Hall–Kier alpha value is -1.60. The Balaban J connectivity index is 1.66. The Kier molecular flexibility index (Phi) is 6.42. The molecular formula is C20H26F3NO3. The maximum absolute atomic E-state index is 13.1. The normalized spacial score (nSPS) is 22.6. The van der Waals surface area contributed by atoms with E-state index in [-0.39, 0.29) is 5.91 Å². The van der Waals surface area contributed by atoms with Crippen molar-refractivity contribution < 1.29 is 27.4 Å². The van der Waals surface area contributed by atoms with Crippen molar-refractivity contribution in [1.29, 1.82) is 0 Å². The quantitative estimate of drug-likeness (QED) is 0.813. The largest absolute Gasteiger partial charge is 0.416 e. The second-order valence-corrected chi connectivity index (χ2v) is 7.52. The summed E-state index contributed by atoms with van der Waals surface area (Å²) in [5.41, 5.74) is -0.561. The van der Waals surface area contributed by atoms with E-state index in [0.717, 1.165) is 25.5 Å². The van der Waals surface area contributed by atoms with Crippen LogP contribution in [0.2, 0.25) is 0 Å². The highest BCUT2D eigenvalue weighted by atomic mass is 19.4. The molecule has 0 bridgehead atoms. The molecule has 0 aliphatic carbocycles. The first-order valence-corrected chi connectivity index (χ1v) is 9.49. The van der Waals surface area contributed by atoms with Crippen molar-refractivity contribution in [3.63, 3.8) is 0 Å². The second-order valence-electron chi connectivity index (χ2n) is 7.52. The van der Waals surface area contributed by atoms with Crippen LogP contribution in [-0.4, -0.2) is 38.9 Å². The fraction of sp³-hybridized carbons (Fsp3) is 0.650. The summed E-state index contributed by atoms with van der Waals surface area (Å²) in [6.07, 6.45) is -1.02. The van der Waals surface area contributed by atoms with Crippen LogP contribution in [0.4, 0.5) is 13.2 Å². The third-order valence-corrected chi connectivity index (χ3v) is 5.68. The first-order valence-electron chi connectivity index (χ1n) is 9.49. The zero-order chi connectivity index (χ0) is 19.3. The van der Waals surface area contributed by atoms with E-state index in [0.29, 0.717) is 57.1 Å². The number of rotatable bonds is 6. The predicted octanol–water partition coefficient (Wildman–Crippen LogP) is 3.69. The molecular weight excluding hydrogens is 359 g/mol. The molecule has 7 heteroatoms. The van der Waals surface area contributed by atoms with E-state index >= 15 is 0 Å². The fourth-order valence-electron chi connectivity index (χ4n) is 3.86. The minimum atomic E-state index is -4.38. The highest BCUT2D eigenvalue weighted by Gasteiger charge is 2.37. The van der Waals surface area contributed by atoms with Gasteiger partial charge in [-0.3, -0.25) is 4.79 Å². The number of ether oxygens (including phenoxy) is 2. The van der Waals surface area contributed by atoms with Crippen LogP contribution in [0.5, 0.6) is 0 Å². The number of alkyl halides is 3. The van der Waals surface area contributed by atoms with Gasteiger partial charge in [0, 0.05) is 44.8 Å². The minimum Gasteiger partial charge on any atom is -0.381 e. The van der Waals surface area contributed by atoms with Crippen molar-refractivity contribution in [3.8, 4) is 0 Å². The van der Waals surface area contributed by atoms with Crippen LogP contribution < -0.4 is 5.32 Å². The summed E-state index contributed by atoms with van der Waals surface area (Å²) in [5, 5.41) is 2.96. The highest BCUT2D eigenvalue weighted by Crippen LogP contribution is 2.37. The standard InChI is InChI=1S/C20H26F3NO3/c21-20(22,23)17-3-1-2-16(12-17)19(7-10-26-11-8-19)14-24-18(25)5-4-15-6-9-27-13-15/h1-3,12,15H,4-11,13-14H2,(H,24,25). The molecule has 2 fully saturated rings. The van der Waals surface area contributed by atoms with Crippen molar-refractivity contribution in [1.82, 2.24) is 5.32 Å². The smallest absolute Gasteiger partial charge is 0.381 e. The van der Waals surface area contributed by atoms with Gasteiger partial charge in [0.05, 0.1) is 5.56 Å². The summed E-state index contributed by atoms with van der Waals surface area (Å²) in [6, 6.07) is 5.46. The lowest BCUT2D eigenvalue weighted by atomic mass is 9.73. The Morgan fingerprint density at radius 2 is 1.96 bits per heavy atom. The number of benzene rings is 1. The number of carbonyl (C=O) groups is 1. The molecule has 0 spiro atoms. The van der Waals surface area contributed by atoms with Gasteiger partial charge < -0.3 is 14.8 Å². The number of hydrogen-bond donors (Lipinski definition) is 1. The first-order chi connectivity index (χ1) is 12.9. The molecule has 1 aromatic carbocycles. The lowest BCUT2D eigenvalue weighted by molar-refractivity contribution is -0.137. The molecule has 2 saturated heterocycles. The number of carbonyl (C=O) groups excluding carboxylic acids is 1. The fourth-order valence-corrected chi connectivity index (χ4v) is 3.86. The molecule has 0 aromatic heterocycles. The van der Waals surface area contributed by atoms with Crippen LogP contribution in [0.25, 0.3) is 0 Å². The van der Waals surface area contributed by atoms with Gasteiger partial charge in [0.15, 0.2) is 0 Å². The Morgan fingerprint density at radius 3 is 2.63 bits per heavy atom. The third-order valence-electron chi connectivity index (χ3n) is 5.68. The van der Waals surface area contributed by atoms with Gasteiger partial charge in [-0.25, -0.2) is 0 Å². The zero-order valence-corrected chi connectivity index (χ0v) is 15.3. The van der Waals surface area contributed by atoms with E-state index in [4.69, 9.17) is 9.47 Å². The maximum Gasteiger partial charge on any atom is 0.416 e. The van der Waals surface area contributed by atoms with Crippen LogP contribution in [0.3, 0.4) is 0 Å². The van der Waals surface area contributed by atoms with Crippen molar-refractivity contribution in [2.75, 3.05) is 33.0 Å². The molecule has 150 valence electrons. The Morgan fingerprint density at radius 1 is 1.19 bits per heavy atom. The van der Waals surface area contributed by atoms with Crippen LogP contribution in [0, 0.1) is 5.92 Å². The molecule has 0 radical (unpaired) electrons. The van der Waals surface area contributed by atoms with Gasteiger partial charge in [0.2, 0.25) is 5.91 Å². The van der Waals surface area contributed by atoms with E-state index in [9.17, 15) is 18.0 Å². The summed E-state index contributed by atoms with van der Waals surface area (Å²) in [4.78, 5) is 12.3. The van der Waals surface area contributed by atoms with Gasteiger partial charge in [0.25, 0.3) is 0 Å². The lowest BCUT2D eigenvalue weighted by Gasteiger charge is -2.38. The van der Waals surface area contributed by atoms with Crippen LogP contribution in [0.1, 0.15) is 43.2 Å². The van der Waals surface area contributed by atoms with Gasteiger partial charge in [-0.05, 0) is 43.2 Å². The van der Waals surface area contributed by atoms with Gasteiger partial charge in [-0.2, -0.15) is 13.2 Å². The molecule has 2 aliphatic heterocycles. The molecule has 1 unspecified atom stereocenters. The summed E-state index contributed by atoms with van der Waals surface area (Å²) < 4.78 is 50.1. The monoisotopic (exact) mass is 385 g/mol. The second kappa shape index (κ2) is 8.61. The average molecular weight is 385 g/mol. The van der Waals surface area contributed by atoms with Crippen molar-refractivity contribution >= 4 is 5.91 Å². The molecule has 3 rings (SSSR count). The van der Waals surface area contributed by atoms with Crippen molar-refractivity contribution in [2.45, 2.75) is 43.7 Å². The average Bonchev–Trinajstić information content (AvgIpc) is 3.18. The minimum absolute atomic E-state index is 0.0558. The van der Waals surface area contributed by atoms with Gasteiger partial charge in [0.1, 0.15) is 0 Å². The molecule has 27 heavy (non-hydrogen) atoms. The Labute approximate surface area is 157 Å². The van der Waals surface area contributed by atoms with E-state index in [1.54, 1.807) is 6.07 Å². The lowest BCUT2D eigenvalue weighted by Crippen LogP contribution is -2.44. The van der Waals surface area contributed by atoms with E-state index < -0.39 is 17.2 Å². The van der Waals surface area contributed by atoms with Gasteiger partial charge in [-0.1, -0.05) is 18.2 Å². The van der Waals surface area contributed by atoms with Crippen molar-refractivity contribution in [3.05, 3.63) is 35.4 Å². The summed E-state index contributed by atoms with van der Waals surface area (Å²) in [5.74, 6) is 0.371. The van der Waals surface area contributed by atoms with E-state index in [1.807, 2.05) is 0 Å². The zero-order valence-electron chi connectivity index (χ0n) is 15.3. The molecule has 1 amide bonds. The van der Waals surface area contributed by atoms with E-state index in [2.05, 4.69) is 5.32 Å². The molecule has 4 nitrogen and oxygen atoms in total. The SMILES string of the molecule is O=C(CCC1CCOC1)NCC1(c2cccc(C(F)(F)F)c2)CCOCC1. The third kappa shape index (κ3) is 5.23. The van der Waals surface area contributed by atoms with Crippen LogP contribution in [0.15, 0.2) is 24.3 Å². The number of nitrogens with one attached hydrogen (secondary N) is 1. The number of halogens is 3. The molecule has 1 atom stereocenters. The first kappa shape index (κ1) is 20.1. The van der Waals surface area contributed by atoms with E-state index in [1.165, 1.54) is 12.1 Å². The molecule has 2 aliphatic rings. The van der Waals surface area contributed by atoms with Crippen LogP contribution >= 0.6 is 0 Å². The van der Waals surface area contributed by atoms with Crippen LogP contribution in [-0.2, 0) is 25.9 Å². The summed E-state index contributed by atoms with van der Waals surface area (Å²) in [7, 11) is 0. The maximum atomic E-state index is 13.1. The van der Waals surface area contributed by atoms with Gasteiger partial charge in [-0.15, -0.1) is 0 Å². The summed E-state index contributed by atoms with van der Waals surface area (Å²) in [6.45, 7) is 2.75. The number of hydrogen-bond acceptors (Lipinski definition) is 3. The topological polar surface area (TPSA) is 47.6 Å². The molecule has 0 saturated carbocycles. The predicted molar refractivity (Wildman–Crippen MR) is 94.3 cm³/mol.